The van der Waals surface area contributed by atoms with Crippen molar-refractivity contribution in [2.75, 3.05) is 34.9 Å². The Morgan fingerprint density at radius 1 is 0.887 bits per heavy atom. The molecule has 1 aromatic rings. The highest BCUT2D eigenvalue weighted by molar-refractivity contribution is 5.90. The van der Waals surface area contributed by atoms with Crippen LogP contribution in [0.5, 0.6) is 0 Å². The van der Waals surface area contributed by atoms with Gasteiger partial charge in [-0.1, -0.05) is 92.1 Å². The predicted octanol–water partition coefficient (Wildman–Crippen LogP) is 5.85. The third-order valence-corrected chi connectivity index (χ3v) is 11.7. The largest absolute Gasteiger partial charge is 0.481 e. The number of Topliss-reactive ketones (excluding diaryl/α,β-unsaturated/α-hetero) is 2. The van der Waals surface area contributed by atoms with E-state index in [0.717, 1.165) is 12.8 Å². The van der Waals surface area contributed by atoms with Crippen LogP contribution in [0.4, 0.5) is 0 Å². The van der Waals surface area contributed by atoms with E-state index < -0.39 is 47.9 Å². The molecule has 1 fully saturated rings. The van der Waals surface area contributed by atoms with Crippen LogP contribution in [0.2, 0.25) is 0 Å². The van der Waals surface area contributed by atoms with Crippen LogP contribution in [0.15, 0.2) is 30.3 Å². The molecule has 0 aliphatic carbocycles. The third kappa shape index (κ3) is 11.9. The lowest BCUT2D eigenvalue weighted by Gasteiger charge is -2.41. The van der Waals surface area contributed by atoms with Crippen LogP contribution in [-0.4, -0.2) is 109 Å². The van der Waals surface area contributed by atoms with Gasteiger partial charge >= 0.3 is 5.97 Å². The van der Waals surface area contributed by atoms with Crippen LogP contribution < -0.4 is 5.32 Å². The first-order chi connectivity index (χ1) is 25.0. The van der Waals surface area contributed by atoms with Gasteiger partial charge in [-0.2, -0.15) is 0 Å². The van der Waals surface area contributed by atoms with E-state index in [1.807, 2.05) is 40.7 Å². The summed E-state index contributed by atoms with van der Waals surface area (Å²) >= 11 is 0. The van der Waals surface area contributed by atoms with Crippen LogP contribution in [0.1, 0.15) is 105 Å². The number of ether oxygens (including phenoxy) is 2. The molecular weight excluding hydrogens is 674 g/mol. The molecule has 0 saturated carbocycles. The Labute approximate surface area is 318 Å². The molecule has 11 heteroatoms. The van der Waals surface area contributed by atoms with E-state index >= 15 is 0 Å². The molecule has 1 aliphatic rings. The smallest absolute Gasteiger partial charge is 0.311 e. The van der Waals surface area contributed by atoms with Crippen LogP contribution in [0.25, 0.3) is 0 Å². The van der Waals surface area contributed by atoms with Gasteiger partial charge in [0.05, 0.1) is 42.7 Å². The fourth-order valence-electron chi connectivity index (χ4n) is 8.42. The van der Waals surface area contributed by atoms with Gasteiger partial charge in [0.1, 0.15) is 5.78 Å². The molecule has 10 atom stereocenters. The minimum Gasteiger partial charge on any atom is -0.481 e. The second-order valence-corrected chi connectivity index (χ2v) is 16.0. The SMILES string of the molecule is CC[C@H](C)[C@@H]([C@@H](CC(=O)N1CCC[C@H]1[C@H](OC)[C@@H](C)C(=O)C[C@H](C)[C@@H](C(=O)O)c1ccccc1)OC)N(C)C(=O)[C@@H](CC(=O)[C@@H](NC)C(C)C)C(C)C. The number of aliphatic carboxylic acids is 1. The summed E-state index contributed by atoms with van der Waals surface area (Å²) in [5.74, 6) is -3.70. The molecule has 300 valence electrons. The first-order valence-corrected chi connectivity index (χ1v) is 19.6. The van der Waals surface area contributed by atoms with Crippen molar-refractivity contribution in [1.82, 2.24) is 15.1 Å². The summed E-state index contributed by atoms with van der Waals surface area (Å²) < 4.78 is 12.0. The lowest BCUT2D eigenvalue weighted by atomic mass is 9.81. The number of methoxy groups -OCH3 is 2. The summed E-state index contributed by atoms with van der Waals surface area (Å²) in [6.45, 7) is 16.1. The lowest BCUT2D eigenvalue weighted by molar-refractivity contribution is -0.149. The number of rotatable bonds is 23. The molecule has 53 heavy (non-hydrogen) atoms. The minimum absolute atomic E-state index is 0.00261. The first-order valence-electron chi connectivity index (χ1n) is 19.6. The average Bonchev–Trinajstić information content (AvgIpc) is 3.60. The van der Waals surface area contributed by atoms with Crippen LogP contribution in [0, 0.1) is 35.5 Å². The van der Waals surface area contributed by atoms with Crippen molar-refractivity contribution in [3.63, 3.8) is 0 Å². The molecule has 2 amide bonds. The standard InChI is InChI=1S/C42H69N3O8/c1-13-27(6)39(44(10)41(49)31(25(2)3)23-34(47)38(43-9)26(4)5)35(52-11)24-36(48)45-21-17-20-32(45)40(53-12)29(8)33(46)22-28(7)37(42(50)51)30-18-15-14-16-19-30/h14-16,18-19,25-29,31-32,35,37-40,43H,13,17,20-24H2,1-12H3,(H,50,51)/t27-,28-,29-,31-,32-,35+,37+,38-,39-,40+/m0/s1. The molecule has 0 bridgehead atoms. The van der Waals surface area contributed by atoms with Gasteiger partial charge in [0.15, 0.2) is 5.78 Å². The Bertz CT molecular complexity index is 1340. The fourth-order valence-corrected chi connectivity index (χ4v) is 8.42. The van der Waals surface area contributed by atoms with Gasteiger partial charge in [0.2, 0.25) is 11.8 Å². The maximum absolute atomic E-state index is 14.2. The highest BCUT2D eigenvalue weighted by Crippen LogP contribution is 2.33. The van der Waals surface area contributed by atoms with Crippen molar-refractivity contribution < 1.29 is 38.6 Å². The van der Waals surface area contributed by atoms with Crippen molar-refractivity contribution in [2.45, 2.75) is 130 Å². The number of carboxylic acids is 1. The number of carboxylic acid groups (broad SMARTS) is 1. The number of likely N-dealkylation sites (N-methyl/N-ethyl adjacent to an activating group) is 2. The summed E-state index contributed by atoms with van der Waals surface area (Å²) in [7, 11) is 6.64. The number of carbonyl (C=O) groups excluding carboxylic acids is 4. The molecule has 0 unspecified atom stereocenters. The van der Waals surface area contributed by atoms with Gasteiger partial charge in [-0.15, -0.1) is 0 Å². The third-order valence-electron chi connectivity index (χ3n) is 11.7. The Kier molecular flexibility index (Phi) is 18.8. The molecule has 1 saturated heterocycles. The highest BCUT2D eigenvalue weighted by atomic mass is 16.5. The van der Waals surface area contributed by atoms with Crippen molar-refractivity contribution in [2.24, 2.45) is 35.5 Å². The normalized spacial score (nSPS) is 19.9. The van der Waals surface area contributed by atoms with E-state index in [1.165, 1.54) is 0 Å². The summed E-state index contributed by atoms with van der Waals surface area (Å²) in [6.07, 6.45) is 1.21. The van der Waals surface area contributed by atoms with Gasteiger partial charge in [-0.25, -0.2) is 0 Å². The first kappa shape index (κ1) is 46.0. The number of amides is 2. The van der Waals surface area contributed by atoms with Gasteiger partial charge in [-0.3, -0.25) is 24.0 Å². The Balaban J connectivity index is 2.27. The zero-order chi connectivity index (χ0) is 40.2. The Morgan fingerprint density at radius 2 is 1.51 bits per heavy atom. The van der Waals surface area contributed by atoms with Crippen LogP contribution >= 0.6 is 0 Å². The summed E-state index contributed by atoms with van der Waals surface area (Å²) in [5.41, 5.74) is 0.654. The predicted molar refractivity (Wildman–Crippen MR) is 207 cm³/mol. The highest BCUT2D eigenvalue weighted by Gasteiger charge is 2.43. The van der Waals surface area contributed by atoms with Gasteiger partial charge in [0, 0.05) is 52.5 Å². The number of carbonyl (C=O) groups is 5. The molecule has 11 nitrogen and oxygen atoms in total. The maximum Gasteiger partial charge on any atom is 0.311 e. The molecule has 2 N–H and O–H groups in total. The number of hydrogen-bond donors (Lipinski definition) is 2. The number of nitrogens with zero attached hydrogens (tertiary/aromatic N) is 2. The van der Waals surface area contributed by atoms with E-state index in [2.05, 4.69) is 12.2 Å². The second-order valence-electron chi connectivity index (χ2n) is 16.0. The van der Waals surface area contributed by atoms with E-state index in [9.17, 15) is 29.1 Å². The maximum atomic E-state index is 14.2. The molecule has 0 spiro atoms. The number of likely N-dealkylation sites (tertiary alicyclic amines) is 1. The molecule has 0 radical (unpaired) electrons. The van der Waals surface area contributed by atoms with Crippen LogP contribution in [-0.2, 0) is 33.4 Å². The second kappa shape index (κ2) is 21.7. The number of benzene rings is 1. The number of ketones is 2. The Hall–Kier alpha value is -3.15. The van der Waals surface area contributed by atoms with Gasteiger partial charge in [-0.05, 0) is 49.1 Å². The molecular formula is C42H69N3O8. The van der Waals surface area contributed by atoms with E-state index in [4.69, 9.17) is 9.47 Å². The minimum atomic E-state index is -0.975. The van der Waals surface area contributed by atoms with E-state index in [-0.39, 0.29) is 72.5 Å². The zero-order valence-electron chi connectivity index (χ0n) is 34.5. The molecule has 1 aliphatic heterocycles. The molecule has 1 heterocycles. The Morgan fingerprint density at radius 3 is 2.00 bits per heavy atom. The number of nitrogens with one attached hydrogen (secondary N) is 1. The quantitative estimate of drug-likeness (QED) is 0.141. The topological polar surface area (TPSA) is 143 Å². The van der Waals surface area contributed by atoms with E-state index in [0.29, 0.717) is 18.5 Å². The summed E-state index contributed by atoms with van der Waals surface area (Å²) in [6, 6.07) is 7.85. The monoisotopic (exact) mass is 744 g/mol. The summed E-state index contributed by atoms with van der Waals surface area (Å²) in [4.78, 5) is 71.2. The van der Waals surface area contributed by atoms with Gasteiger partial charge < -0.3 is 29.7 Å². The van der Waals surface area contributed by atoms with Crippen molar-refractivity contribution in [3.8, 4) is 0 Å². The molecule has 2 rings (SSSR count). The van der Waals surface area contributed by atoms with Crippen LogP contribution in [0.3, 0.4) is 0 Å². The average molecular weight is 744 g/mol. The zero-order valence-corrected chi connectivity index (χ0v) is 34.5. The van der Waals surface area contributed by atoms with Crippen molar-refractivity contribution in [3.05, 3.63) is 35.9 Å². The van der Waals surface area contributed by atoms with E-state index in [1.54, 1.807) is 76.2 Å². The van der Waals surface area contributed by atoms with Gasteiger partial charge in [0.25, 0.3) is 0 Å². The molecule has 0 aromatic heterocycles. The summed E-state index contributed by atoms with van der Waals surface area (Å²) in [5, 5.41) is 13.1. The van der Waals surface area contributed by atoms with Crippen molar-refractivity contribution in [1.29, 1.82) is 0 Å². The molecule has 1 aromatic carbocycles. The van der Waals surface area contributed by atoms with Crippen molar-refractivity contribution >= 4 is 29.4 Å². The lowest BCUT2D eigenvalue weighted by Crippen LogP contribution is -2.54. The fraction of sp³-hybridized carbons (Fsp3) is 0.738. The number of hydrogen-bond acceptors (Lipinski definition) is 8.